The summed E-state index contributed by atoms with van der Waals surface area (Å²) in [5.74, 6) is -1.63. The van der Waals surface area contributed by atoms with Crippen LogP contribution < -0.4 is 5.11 Å². The largest absolute Gasteiger partial charge is 0.862 e. The van der Waals surface area contributed by atoms with Crippen LogP contribution in [-0.4, -0.2) is 65.4 Å². The van der Waals surface area contributed by atoms with E-state index in [-0.39, 0.29) is 6.61 Å². The van der Waals surface area contributed by atoms with Crippen LogP contribution >= 0.6 is 0 Å². The fourth-order valence-corrected chi connectivity index (χ4v) is 2.17. The number of aliphatic imine (C=N–C) groups is 1. The van der Waals surface area contributed by atoms with Gasteiger partial charge in [-0.1, -0.05) is 0 Å². The summed E-state index contributed by atoms with van der Waals surface area (Å²) in [5.41, 5.74) is 0. The fourth-order valence-electron chi connectivity index (χ4n) is 2.17. The summed E-state index contributed by atoms with van der Waals surface area (Å²) in [7, 11) is 0. The van der Waals surface area contributed by atoms with Crippen LogP contribution in [0.25, 0.3) is 0 Å². The Morgan fingerprint density at radius 3 is 2.84 bits per heavy atom. The third-order valence-electron chi connectivity index (χ3n) is 3.11. The molecular weight excluding hydrogens is 258 g/mol. The number of aliphatic hydroxyl groups is 1. The number of hydrogen-bond donors (Lipinski definition) is 2. The Labute approximate surface area is 109 Å². The lowest BCUT2D eigenvalue weighted by Crippen LogP contribution is -2.56. The summed E-state index contributed by atoms with van der Waals surface area (Å²) in [5, 5.41) is 30.1. The number of carboxylic acids is 1. The van der Waals surface area contributed by atoms with E-state index in [0.717, 1.165) is 0 Å². The van der Waals surface area contributed by atoms with Crippen LogP contribution in [0.3, 0.4) is 0 Å². The van der Waals surface area contributed by atoms with Gasteiger partial charge >= 0.3 is 5.97 Å². The molecule has 0 saturated carbocycles. The average molecular weight is 274 g/mol. The number of ether oxygens (including phenoxy) is 3. The molecule has 0 spiro atoms. The molecule has 6 atom stereocenters. The maximum Gasteiger partial charge on any atom is 0.332 e. The van der Waals surface area contributed by atoms with E-state index in [2.05, 4.69) is 4.99 Å². The highest BCUT2D eigenvalue weighted by molar-refractivity contribution is 5.71. The van der Waals surface area contributed by atoms with Crippen molar-refractivity contribution in [1.29, 1.82) is 0 Å². The minimum atomic E-state index is -1.16. The Morgan fingerprint density at radius 1 is 1.58 bits per heavy atom. The molecule has 0 aromatic heterocycles. The summed E-state index contributed by atoms with van der Waals surface area (Å²) in [6.07, 6.45) is -4.53. The lowest BCUT2D eigenvalue weighted by molar-refractivity contribution is -0.225. The van der Waals surface area contributed by atoms with Gasteiger partial charge in [-0.05, 0) is 19.7 Å². The fraction of sp³-hybridized carbons (Fsp3) is 0.818. The quantitative estimate of drug-likeness (QED) is 0.454. The molecule has 19 heavy (non-hydrogen) atoms. The maximum atomic E-state index is 11.1. The summed E-state index contributed by atoms with van der Waals surface area (Å²) in [6, 6.07) is -0.868. The van der Waals surface area contributed by atoms with Crippen molar-refractivity contribution in [2.24, 2.45) is 4.99 Å². The van der Waals surface area contributed by atoms with Crippen LogP contribution in [0, 0.1) is 0 Å². The van der Waals surface area contributed by atoms with Gasteiger partial charge in [0.1, 0.15) is 24.4 Å². The number of aliphatic carboxylic acids is 1. The van der Waals surface area contributed by atoms with Crippen LogP contribution in [0.1, 0.15) is 13.8 Å². The summed E-state index contributed by atoms with van der Waals surface area (Å²) in [6.45, 7) is 2.76. The number of aliphatic hydroxyl groups excluding tert-OH is 1. The predicted molar refractivity (Wildman–Crippen MR) is 59.5 cm³/mol. The first-order valence-electron chi connectivity index (χ1n) is 5.95. The molecule has 0 amide bonds. The average Bonchev–Trinajstić information content (AvgIpc) is 2.76. The van der Waals surface area contributed by atoms with E-state index in [1.54, 1.807) is 0 Å². The normalized spacial score (nSPS) is 40.2. The lowest BCUT2D eigenvalue weighted by atomic mass is 9.98. The number of hydrogen-bond acceptors (Lipinski definition) is 7. The van der Waals surface area contributed by atoms with Crippen molar-refractivity contribution in [3.05, 3.63) is 0 Å². The van der Waals surface area contributed by atoms with Gasteiger partial charge in [0.05, 0.1) is 6.61 Å². The standard InChI is InChI=1S/C11H17NO7/c1-4(10(15)16)18-9-7(12-5(2)13)11-17-3-6(19-11)8(9)14/h4,6-9,11,14H,3H2,1-2H3,(H,12,13)(H,15,16)/p-1/t4-,6-,7-,8-,9-,11-/m1/s1. The first kappa shape index (κ1) is 14.2. The molecule has 2 N–H and O–H groups in total. The van der Waals surface area contributed by atoms with E-state index in [0.29, 0.717) is 0 Å². The number of carboxylic acid groups (broad SMARTS) is 1. The number of rotatable bonds is 4. The number of fused-ring (bicyclic) bond motifs is 2. The van der Waals surface area contributed by atoms with Crippen LogP contribution in [0.2, 0.25) is 0 Å². The molecule has 2 saturated heterocycles. The van der Waals surface area contributed by atoms with Gasteiger partial charge in [-0.25, -0.2) is 4.79 Å². The third-order valence-corrected chi connectivity index (χ3v) is 3.11. The van der Waals surface area contributed by atoms with E-state index in [4.69, 9.17) is 19.3 Å². The van der Waals surface area contributed by atoms with Crippen molar-refractivity contribution in [3.8, 4) is 0 Å². The molecule has 2 rings (SSSR count). The summed E-state index contributed by atoms with van der Waals surface area (Å²) in [4.78, 5) is 14.6. The van der Waals surface area contributed by atoms with Crippen LogP contribution in [0.4, 0.5) is 0 Å². The van der Waals surface area contributed by atoms with Crippen molar-refractivity contribution < 1.29 is 34.3 Å². The molecule has 0 radical (unpaired) electrons. The molecule has 2 fully saturated rings. The predicted octanol–water partition coefficient (Wildman–Crippen LogP) is -1.89. The Hall–Kier alpha value is -1.22. The molecule has 0 aromatic carbocycles. The van der Waals surface area contributed by atoms with Gasteiger partial charge in [-0.2, -0.15) is 0 Å². The van der Waals surface area contributed by atoms with Gasteiger partial charge in [-0.15, -0.1) is 0 Å². The SMILES string of the molecule is CC([O-])=N[C@H]1[C@@H]2OC[C@@H](O2)[C@@H](O)[C@@H]1O[C@H](C)C(=O)O. The zero-order valence-corrected chi connectivity index (χ0v) is 10.6. The zero-order valence-electron chi connectivity index (χ0n) is 10.6. The highest BCUT2D eigenvalue weighted by atomic mass is 16.7. The Morgan fingerprint density at radius 2 is 2.26 bits per heavy atom. The Bertz CT molecular complexity index is 381. The molecule has 8 heteroatoms. The molecule has 0 unspecified atom stereocenters. The van der Waals surface area contributed by atoms with Crippen molar-refractivity contribution >= 4 is 11.9 Å². The summed E-state index contributed by atoms with van der Waals surface area (Å²) < 4.78 is 15.9. The summed E-state index contributed by atoms with van der Waals surface area (Å²) >= 11 is 0. The molecular formula is C11H16NO7-. The van der Waals surface area contributed by atoms with Gasteiger partial charge in [0.25, 0.3) is 0 Å². The smallest absolute Gasteiger partial charge is 0.332 e. The van der Waals surface area contributed by atoms with Crippen LogP contribution in [0.15, 0.2) is 4.99 Å². The van der Waals surface area contributed by atoms with Crippen molar-refractivity contribution in [3.63, 3.8) is 0 Å². The molecule has 2 heterocycles. The molecule has 2 bridgehead atoms. The first-order chi connectivity index (χ1) is 8.90. The number of nitrogens with zero attached hydrogens (tertiary/aromatic N) is 1. The molecule has 0 aliphatic carbocycles. The molecule has 108 valence electrons. The first-order valence-corrected chi connectivity index (χ1v) is 5.95. The van der Waals surface area contributed by atoms with Crippen molar-refractivity contribution in [2.75, 3.05) is 6.61 Å². The van der Waals surface area contributed by atoms with E-state index < -0.39 is 48.6 Å². The third kappa shape index (κ3) is 2.86. The van der Waals surface area contributed by atoms with Gasteiger partial charge in [0.2, 0.25) is 0 Å². The minimum Gasteiger partial charge on any atom is -0.862 e. The van der Waals surface area contributed by atoms with E-state index >= 15 is 0 Å². The number of carbonyl (C=O) groups is 1. The zero-order chi connectivity index (χ0) is 14.2. The van der Waals surface area contributed by atoms with Gasteiger partial charge in [0.15, 0.2) is 12.4 Å². The molecule has 2 aliphatic heterocycles. The van der Waals surface area contributed by atoms with Gasteiger partial charge in [-0.3, -0.25) is 4.99 Å². The van der Waals surface area contributed by atoms with Crippen molar-refractivity contribution in [2.45, 2.75) is 50.6 Å². The lowest BCUT2D eigenvalue weighted by Gasteiger charge is -2.37. The van der Waals surface area contributed by atoms with E-state index in [1.165, 1.54) is 13.8 Å². The topological polar surface area (TPSA) is 121 Å². The second-order valence-electron chi connectivity index (χ2n) is 4.59. The van der Waals surface area contributed by atoms with Crippen LogP contribution in [0.5, 0.6) is 0 Å². The maximum absolute atomic E-state index is 11.1. The van der Waals surface area contributed by atoms with Crippen LogP contribution in [-0.2, 0) is 19.0 Å². The second kappa shape index (κ2) is 5.41. The second-order valence-corrected chi connectivity index (χ2v) is 4.59. The minimum absolute atomic E-state index is 0.164. The molecule has 0 aromatic rings. The highest BCUT2D eigenvalue weighted by Crippen LogP contribution is 2.32. The Balaban J connectivity index is 2.19. The molecule has 8 nitrogen and oxygen atoms in total. The monoisotopic (exact) mass is 274 g/mol. The van der Waals surface area contributed by atoms with Gasteiger partial charge < -0.3 is 29.5 Å². The highest BCUT2D eigenvalue weighted by Gasteiger charge is 2.51. The van der Waals surface area contributed by atoms with E-state index in [1.807, 2.05) is 0 Å². The van der Waals surface area contributed by atoms with Crippen molar-refractivity contribution in [1.82, 2.24) is 0 Å². The van der Waals surface area contributed by atoms with E-state index in [9.17, 15) is 15.0 Å². The van der Waals surface area contributed by atoms with Gasteiger partial charge in [0, 0.05) is 0 Å². The Kier molecular flexibility index (Phi) is 4.04. The molecule has 2 aliphatic rings.